The molecular weight excluding hydrogens is 402 g/mol. The van der Waals surface area contributed by atoms with Crippen LogP contribution in [0.5, 0.6) is 0 Å². The van der Waals surface area contributed by atoms with Crippen molar-refractivity contribution in [1.29, 1.82) is 0 Å². The number of benzene rings is 2. The standard InChI is InChI=1S/C25H29N5O2/c1-3-9-18-10-8-11-19(15-18)21-16-23(28-30(21)20-12-6-5-7-13-20)27-24(31)22-17-26-25(32)29(22)14-4-2/h5-8,10-13,15-16,22H,3-4,9,14,17H2,1-2H3,(H,26,32)(H,27,28,31)/t22-/m0/s1. The summed E-state index contributed by atoms with van der Waals surface area (Å²) in [5.74, 6) is 0.228. The first-order valence-electron chi connectivity index (χ1n) is 11.2. The molecule has 0 bridgehead atoms. The van der Waals surface area contributed by atoms with Gasteiger partial charge in [-0.1, -0.05) is 56.7 Å². The van der Waals surface area contributed by atoms with Crippen LogP contribution in [-0.4, -0.2) is 45.8 Å². The zero-order valence-corrected chi connectivity index (χ0v) is 18.5. The van der Waals surface area contributed by atoms with Gasteiger partial charge < -0.3 is 15.5 Å². The van der Waals surface area contributed by atoms with E-state index in [1.165, 1.54) is 5.56 Å². The number of nitrogens with zero attached hydrogens (tertiary/aromatic N) is 3. The van der Waals surface area contributed by atoms with E-state index in [-0.39, 0.29) is 11.9 Å². The first kappa shape index (κ1) is 21.6. The summed E-state index contributed by atoms with van der Waals surface area (Å²) in [5, 5.41) is 10.4. The Bertz CT molecular complexity index is 1090. The average molecular weight is 432 g/mol. The largest absolute Gasteiger partial charge is 0.335 e. The second kappa shape index (κ2) is 9.68. The number of nitrogens with one attached hydrogen (secondary N) is 2. The smallest absolute Gasteiger partial charge is 0.318 e. The summed E-state index contributed by atoms with van der Waals surface area (Å²) >= 11 is 0. The normalized spacial score (nSPS) is 15.6. The first-order valence-corrected chi connectivity index (χ1v) is 11.2. The van der Waals surface area contributed by atoms with Crippen molar-refractivity contribution in [2.75, 3.05) is 18.4 Å². The monoisotopic (exact) mass is 431 g/mol. The van der Waals surface area contributed by atoms with Crippen LogP contribution in [0.3, 0.4) is 0 Å². The van der Waals surface area contributed by atoms with Gasteiger partial charge in [-0.05, 0) is 36.6 Å². The summed E-state index contributed by atoms with van der Waals surface area (Å²) in [6.07, 6.45) is 2.87. The highest BCUT2D eigenvalue weighted by molar-refractivity contribution is 5.98. The molecule has 7 nitrogen and oxygen atoms in total. The second-order valence-electron chi connectivity index (χ2n) is 8.00. The lowest BCUT2D eigenvalue weighted by Crippen LogP contribution is -2.43. The lowest BCUT2D eigenvalue weighted by molar-refractivity contribution is -0.119. The van der Waals surface area contributed by atoms with Crippen LogP contribution in [0.25, 0.3) is 16.9 Å². The molecule has 1 atom stereocenters. The fourth-order valence-corrected chi connectivity index (χ4v) is 4.07. The number of hydrogen-bond acceptors (Lipinski definition) is 3. The molecule has 0 radical (unpaired) electrons. The van der Waals surface area contributed by atoms with E-state index in [0.29, 0.717) is 18.9 Å². The van der Waals surface area contributed by atoms with Crippen LogP contribution >= 0.6 is 0 Å². The first-order chi connectivity index (χ1) is 15.6. The van der Waals surface area contributed by atoms with E-state index in [4.69, 9.17) is 5.10 Å². The minimum Gasteiger partial charge on any atom is -0.335 e. The van der Waals surface area contributed by atoms with Crippen molar-refractivity contribution in [2.24, 2.45) is 0 Å². The maximum atomic E-state index is 13.0. The maximum absolute atomic E-state index is 13.0. The Balaban J connectivity index is 1.66. The molecule has 1 saturated heterocycles. The number of para-hydroxylation sites is 1. The second-order valence-corrected chi connectivity index (χ2v) is 8.00. The van der Waals surface area contributed by atoms with E-state index in [9.17, 15) is 9.59 Å². The molecule has 3 amide bonds. The number of aromatic nitrogens is 2. The number of rotatable bonds is 8. The van der Waals surface area contributed by atoms with Gasteiger partial charge in [-0.3, -0.25) is 4.79 Å². The quantitative estimate of drug-likeness (QED) is 0.560. The van der Waals surface area contributed by atoms with E-state index in [0.717, 1.165) is 36.2 Å². The van der Waals surface area contributed by atoms with E-state index in [1.54, 1.807) is 4.90 Å². The summed E-state index contributed by atoms with van der Waals surface area (Å²) < 4.78 is 1.85. The molecule has 2 heterocycles. The van der Waals surface area contributed by atoms with Crippen molar-refractivity contribution in [3.05, 3.63) is 66.2 Å². The van der Waals surface area contributed by atoms with Gasteiger partial charge in [-0.2, -0.15) is 0 Å². The summed E-state index contributed by atoms with van der Waals surface area (Å²) in [6.45, 7) is 4.99. The van der Waals surface area contributed by atoms with Gasteiger partial charge in [-0.25, -0.2) is 9.48 Å². The van der Waals surface area contributed by atoms with Crippen molar-refractivity contribution in [3.63, 3.8) is 0 Å². The molecule has 0 unspecified atom stereocenters. The van der Waals surface area contributed by atoms with Crippen LogP contribution in [-0.2, 0) is 11.2 Å². The van der Waals surface area contributed by atoms with Crippen molar-refractivity contribution < 1.29 is 9.59 Å². The summed E-state index contributed by atoms with van der Waals surface area (Å²) in [4.78, 5) is 26.6. The molecule has 0 saturated carbocycles. The van der Waals surface area contributed by atoms with Crippen LogP contribution in [0.1, 0.15) is 32.3 Å². The number of aryl methyl sites for hydroxylation is 1. The fourth-order valence-electron chi connectivity index (χ4n) is 4.07. The molecule has 4 rings (SSSR count). The Morgan fingerprint density at radius 2 is 1.91 bits per heavy atom. The van der Waals surface area contributed by atoms with Gasteiger partial charge >= 0.3 is 6.03 Å². The Kier molecular flexibility index (Phi) is 6.54. The number of hydrogen-bond donors (Lipinski definition) is 2. The third kappa shape index (κ3) is 4.51. The molecule has 2 aromatic carbocycles. The topological polar surface area (TPSA) is 79.3 Å². The number of urea groups is 1. The predicted octanol–water partition coefficient (Wildman–Crippen LogP) is 4.23. The maximum Gasteiger partial charge on any atom is 0.318 e. The Morgan fingerprint density at radius 1 is 1.09 bits per heavy atom. The van der Waals surface area contributed by atoms with Gasteiger partial charge in [-0.15, -0.1) is 5.10 Å². The highest BCUT2D eigenvalue weighted by atomic mass is 16.2. The zero-order chi connectivity index (χ0) is 22.5. The number of anilines is 1. The molecule has 7 heteroatoms. The van der Waals surface area contributed by atoms with Gasteiger partial charge in [0.1, 0.15) is 6.04 Å². The Morgan fingerprint density at radius 3 is 2.66 bits per heavy atom. The van der Waals surface area contributed by atoms with Crippen LogP contribution in [0.2, 0.25) is 0 Å². The molecule has 1 fully saturated rings. The molecule has 1 aliphatic heterocycles. The molecule has 0 spiro atoms. The molecule has 1 aromatic heterocycles. The summed E-state index contributed by atoms with van der Waals surface area (Å²) in [5.41, 5.74) is 4.12. The molecule has 32 heavy (non-hydrogen) atoms. The minimum atomic E-state index is -0.541. The third-order valence-electron chi connectivity index (χ3n) is 5.57. The van der Waals surface area contributed by atoms with Gasteiger partial charge in [0.2, 0.25) is 5.91 Å². The molecule has 166 valence electrons. The van der Waals surface area contributed by atoms with Crippen LogP contribution in [0.4, 0.5) is 10.6 Å². The number of amides is 3. The average Bonchev–Trinajstić information content (AvgIpc) is 3.39. The predicted molar refractivity (Wildman–Crippen MR) is 126 cm³/mol. The lowest BCUT2D eigenvalue weighted by Gasteiger charge is -2.21. The van der Waals surface area contributed by atoms with Crippen molar-refractivity contribution >= 4 is 17.8 Å². The van der Waals surface area contributed by atoms with E-state index in [1.807, 2.05) is 48.0 Å². The van der Waals surface area contributed by atoms with Gasteiger partial charge in [0, 0.05) is 24.7 Å². The van der Waals surface area contributed by atoms with Crippen molar-refractivity contribution in [3.8, 4) is 16.9 Å². The van der Waals surface area contributed by atoms with Gasteiger partial charge in [0.25, 0.3) is 0 Å². The fraction of sp³-hybridized carbons (Fsp3) is 0.320. The lowest BCUT2D eigenvalue weighted by atomic mass is 10.0. The van der Waals surface area contributed by atoms with Crippen molar-refractivity contribution in [2.45, 2.75) is 39.2 Å². The molecule has 1 aliphatic rings. The molecular formula is C25H29N5O2. The van der Waals surface area contributed by atoms with E-state index >= 15 is 0 Å². The van der Waals surface area contributed by atoms with Crippen molar-refractivity contribution in [1.82, 2.24) is 20.0 Å². The molecule has 2 N–H and O–H groups in total. The number of carbonyl (C=O) groups is 2. The highest BCUT2D eigenvalue weighted by Crippen LogP contribution is 2.27. The van der Waals surface area contributed by atoms with E-state index < -0.39 is 6.04 Å². The molecule has 3 aromatic rings. The number of carbonyl (C=O) groups excluding carboxylic acids is 2. The van der Waals surface area contributed by atoms with Crippen LogP contribution in [0.15, 0.2) is 60.7 Å². The summed E-state index contributed by atoms with van der Waals surface area (Å²) in [7, 11) is 0. The minimum absolute atomic E-state index is 0.199. The molecule has 0 aliphatic carbocycles. The van der Waals surface area contributed by atoms with Crippen LogP contribution in [0, 0.1) is 0 Å². The zero-order valence-electron chi connectivity index (χ0n) is 18.5. The van der Waals surface area contributed by atoms with Crippen LogP contribution < -0.4 is 10.6 Å². The summed E-state index contributed by atoms with van der Waals surface area (Å²) in [6, 6.07) is 19.4. The Hall–Kier alpha value is -3.61. The third-order valence-corrected chi connectivity index (χ3v) is 5.57. The van der Waals surface area contributed by atoms with Gasteiger partial charge in [0.05, 0.1) is 11.4 Å². The van der Waals surface area contributed by atoms with E-state index in [2.05, 4.69) is 41.8 Å². The van der Waals surface area contributed by atoms with Gasteiger partial charge in [0.15, 0.2) is 5.82 Å². The SMILES string of the molecule is CCCc1cccc(-c2cc(NC(=O)[C@@H]3CNC(=O)N3CCC)nn2-c2ccccc2)c1. The Labute approximate surface area is 188 Å². The highest BCUT2D eigenvalue weighted by Gasteiger charge is 2.35.